The van der Waals surface area contributed by atoms with Crippen LogP contribution in [-0.2, 0) is 4.79 Å². The van der Waals surface area contributed by atoms with Gasteiger partial charge in [0.25, 0.3) is 0 Å². The van der Waals surface area contributed by atoms with Crippen molar-refractivity contribution in [1.29, 1.82) is 0 Å². The van der Waals surface area contributed by atoms with Crippen LogP contribution in [0.15, 0.2) is 4.99 Å². The zero-order valence-corrected chi connectivity index (χ0v) is 8.75. The second kappa shape index (κ2) is 5.62. The second-order valence-corrected chi connectivity index (χ2v) is 3.71. The van der Waals surface area contributed by atoms with Gasteiger partial charge in [0, 0.05) is 25.4 Å². The van der Waals surface area contributed by atoms with E-state index >= 15 is 0 Å². The molecule has 0 bridgehead atoms. The van der Waals surface area contributed by atoms with Crippen LogP contribution in [0.4, 0.5) is 0 Å². The molecule has 4 heteroatoms. The normalized spacial score (nSPS) is 16.8. The van der Waals surface area contributed by atoms with Crippen LogP contribution >= 0.6 is 0 Å². The molecule has 1 fully saturated rings. The van der Waals surface area contributed by atoms with E-state index in [1.54, 1.807) is 0 Å². The van der Waals surface area contributed by atoms with Crippen LogP contribution < -0.4 is 11.1 Å². The topological polar surface area (TPSA) is 67.5 Å². The Bertz CT molecular complexity index is 221. The molecule has 0 radical (unpaired) electrons. The van der Waals surface area contributed by atoms with Crippen molar-refractivity contribution in [1.82, 2.24) is 5.32 Å². The van der Waals surface area contributed by atoms with Crippen LogP contribution in [0, 0.1) is 0 Å². The molecule has 3 N–H and O–H groups in total. The van der Waals surface area contributed by atoms with Crippen LogP contribution in [0.1, 0.15) is 39.0 Å². The lowest BCUT2D eigenvalue weighted by atomic mass is 10.3. The lowest BCUT2D eigenvalue weighted by molar-refractivity contribution is -0.121. The molecule has 0 spiro atoms. The van der Waals surface area contributed by atoms with E-state index in [1.807, 2.05) is 0 Å². The monoisotopic (exact) mass is 197 g/mol. The number of nitrogens with one attached hydrogen (secondary N) is 1. The number of carbonyl (C=O) groups excluding carboxylic acids is 1. The standard InChI is InChI=1S/C10H19N3O/c1-2-3-9(11)12-7-6-10(14)13-8-4-5-8/h8H,2-7H2,1H3,(H2,11,12)(H,13,14). The Morgan fingerprint density at radius 1 is 1.50 bits per heavy atom. The number of nitrogens with two attached hydrogens (primary N) is 1. The zero-order chi connectivity index (χ0) is 10.4. The Morgan fingerprint density at radius 3 is 2.79 bits per heavy atom. The van der Waals surface area contributed by atoms with E-state index < -0.39 is 0 Å². The average Bonchev–Trinajstić information content (AvgIpc) is 2.88. The molecular weight excluding hydrogens is 178 g/mol. The van der Waals surface area contributed by atoms with Gasteiger partial charge < -0.3 is 11.1 Å². The molecule has 1 aliphatic carbocycles. The number of amidine groups is 1. The van der Waals surface area contributed by atoms with Gasteiger partial charge in [0.05, 0.1) is 5.84 Å². The molecule has 4 nitrogen and oxygen atoms in total. The van der Waals surface area contributed by atoms with Gasteiger partial charge >= 0.3 is 0 Å². The fourth-order valence-corrected chi connectivity index (χ4v) is 1.16. The molecule has 0 unspecified atom stereocenters. The van der Waals surface area contributed by atoms with Crippen molar-refractivity contribution in [3.63, 3.8) is 0 Å². The van der Waals surface area contributed by atoms with E-state index in [2.05, 4.69) is 17.2 Å². The van der Waals surface area contributed by atoms with Gasteiger partial charge in [-0.05, 0) is 19.3 Å². The van der Waals surface area contributed by atoms with E-state index in [1.165, 1.54) is 0 Å². The maximum absolute atomic E-state index is 11.2. The van der Waals surface area contributed by atoms with Gasteiger partial charge in [0.15, 0.2) is 0 Å². The molecule has 1 aliphatic rings. The van der Waals surface area contributed by atoms with Crippen molar-refractivity contribution in [3.05, 3.63) is 0 Å². The van der Waals surface area contributed by atoms with Crippen molar-refractivity contribution < 1.29 is 4.79 Å². The fourth-order valence-electron chi connectivity index (χ4n) is 1.16. The first-order valence-corrected chi connectivity index (χ1v) is 5.30. The highest BCUT2D eigenvalue weighted by Gasteiger charge is 2.22. The minimum Gasteiger partial charge on any atom is -0.387 e. The fraction of sp³-hybridized carbons (Fsp3) is 0.800. The maximum atomic E-state index is 11.2. The third-order valence-corrected chi connectivity index (χ3v) is 2.10. The molecule has 0 aromatic heterocycles. The number of carbonyl (C=O) groups is 1. The molecule has 0 heterocycles. The molecule has 1 amide bonds. The minimum atomic E-state index is 0.0977. The van der Waals surface area contributed by atoms with E-state index in [9.17, 15) is 4.79 Å². The van der Waals surface area contributed by atoms with Gasteiger partial charge in [0.2, 0.25) is 5.91 Å². The highest BCUT2D eigenvalue weighted by Crippen LogP contribution is 2.18. The van der Waals surface area contributed by atoms with Gasteiger partial charge in [-0.25, -0.2) is 0 Å². The van der Waals surface area contributed by atoms with Gasteiger partial charge in [-0.15, -0.1) is 0 Å². The van der Waals surface area contributed by atoms with Crippen molar-refractivity contribution in [2.24, 2.45) is 10.7 Å². The zero-order valence-electron chi connectivity index (χ0n) is 8.75. The summed E-state index contributed by atoms with van der Waals surface area (Å²) in [5.41, 5.74) is 5.60. The smallest absolute Gasteiger partial charge is 0.222 e. The molecule has 1 rings (SSSR count). The molecule has 0 aromatic rings. The number of amides is 1. The summed E-state index contributed by atoms with van der Waals surface area (Å²) in [5, 5.41) is 2.91. The highest BCUT2D eigenvalue weighted by molar-refractivity contribution is 5.81. The largest absolute Gasteiger partial charge is 0.387 e. The molecule has 1 saturated carbocycles. The Kier molecular flexibility index (Phi) is 4.43. The van der Waals surface area contributed by atoms with Gasteiger partial charge in [0.1, 0.15) is 0 Å². The lowest BCUT2D eigenvalue weighted by Gasteiger charge is -2.01. The molecule has 0 atom stereocenters. The Morgan fingerprint density at radius 2 is 2.21 bits per heavy atom. The van der Waals surface area contributed by atoms with Crippen LogP contribution in [0.2, 0.25) is 0 Å². The van der Waals surface area contributed by atoms with Crippen molar-refractivity contribution in [2.45, 2.75) is 45.1 Å². The summed E-state index contributed by atoms with van der Waals surface area (Å²) >= 11 is 0. The summed E-state index contributed by atoms with van der Waals surface area (Å²) in [4.78, 5) is 15.3. The second-order valence-electron chi connectivity index (χ2n) is 3.71. The number of rotatable bonds is 6. The van der Waals surface area contributed by atoms with Crippen molar-refractivity contribution >= 4 is 11.7 Å². The van der Waals surface area contributed by atoms with E-state index in [-0.39, 0.29) is 5.91 Å². The van der Waals surface area contributed by atoms with Gasteiger partial charge in [-0.1, -0.05) is 6.92 Å². The first-order chi connectivity index (χ1) is 6.72. The van der Waals surface area contributed by atoms with Gasteiger partial charge in [-0.3, -0.25) is 9.79 Å². The minimum absolute atomic E-state index is 0.0977. The van der Waals surface area contributed by atoms with Crippen LogP contribution in [0.3, 0.4) is 0 Å². The van der Waals surface area contributed by atoms with Crippen molar-refractivity contribution in [3.8, 4) is 0 Å². The van der Waals surface area contributed by atoms with Crippen LogP contribution in [0.25, 0.3) is 0 Å². The maximum Gasteiger partial charge on any atom is 0.222 e. The highest BCUT2D eigenvalue weighted by atomic mass is 16.1. The summed E-state index contributed by atoms with van der Waals surface area (Å²) in [6.07, 6.45) is 4.55. The Labute approximate surface area is 85.0 Å². The first-order valence-electron chi connectivity index (χ1n) is 5.30. The summed E-state index contributed by atoms with van der Waals surface area (Å²) in [6.45, 7) is 2.58. The number of hydrogen-bond donors (Lipinski definition) is 2. The van der Waals surface area contributed by atoms with E-state index in [0.29, 0.717) is 24.8 Å². The molecule has 0 aromatic carbocycles. The van der Waals surface area contributed by atoms with Crippen molar-refractivity contribution in [2.75, 3.05) is 6.54 Å². The van der Waals surface area contributed by atoms with E-state index in [0.717, 1.165) is 25.7 Å². The van der Waals surface area contributed by atoms with Gasteiger partial charge in [-0.2, -0.15) is 0 Å². The summed E-state index contributed by atoms with van der Waals surface area (Å²) in [5.74, 6) is 0.757. The number of hydrogen-bond acceptors (Lipinski definition) is 2. The molecule has 14 heavy (non-hydrogen) atoms. The quantitative estimate of drug-likeness (QED) is 0.489. The molecular formula is C10H19N3O. The summed E-state index contributed by atoms with van der Waals surface area (Å²) < 4.78 is 0. The Balaban J connectivity index is 2.06. The molecule has 80 valence electrons. The predicted octanol–water partition coefficient (Wildman–Crippen LogP) is 0.812. The van der Waals surface area contributed by atoms with E-state index in [4.69, 9.17) is 5.73 Å². The predicted molar refractivity (Wildman–Crippen MR) is 57.2 cm³/mol. The van der Waals surface area contributed by atoms with Crippen LogP contribution in [0.5, 0.6) is 0 Å². The molecule has 0 aliphatic heterocycles. The number of nitrogens with zero attached hydrogens (tertiary/aromatic N) is 1. The SMILES string of the molecule is CCCC(N)=NCCC(=O)NC1CC1. The Hall–Kier alpha value is -1.06. The first kappa shape index (κ1) is 11.0. The lowest BCUT2D eigenvalue weighted by Crippen LogP contribution is -2.26. The third-order valence-electron chi connectivity index (χ3n) is 2.10. The van der Waals surface area contributed by atoms with Crippen LogP contribution in [-0.4, -0.2) is 24.3 Å². The molecule has 0 saturated heterocycles. The third kappa shape index (κ3) is 4.84. The average molecular weight is 197 g/mol. The summed E-state index contributed by atoms with van der Waals surface area (Å²) in [6, 6.07) is 0.444. The number of aliphatic imine (C=N–C) groups is 1. The summed E-state index contributed by atoms with van der Waals surface area (Å²) in [7, 11) is 0.